The highest BCUT2D eigenvalue weighted by molar-refractivity contribution is 5.84. The van der Waals surface area contributed by atoms with E-state index in [9.17, 15) is 4.79 Å². The van der Waals surface area contributed by atoms with Crippen molar-refractivity contribution >= 4 is 5.97 Å². The van der Waals surface area contributed by atoms with Crippen LogP contribution in [-0.4, -0.2) is 41.3 Å². The lowest BCUT2D eigenvalue weighted by atomic mass is 9.89. The number of fused-ring (bicyclic) bond motifs is 1. The Morgan fingerprint density at radius 3 is 2.95 bits per heavy atom. The van der Waals surface area contributed by atoms with E-state index in [0.29, 0.717) is 12.1 Å². The van der Waals surface area contributed by atoms with Gasteiger partial charge < -0.3 is 14.3 Å². The van der Waals surface area contributed by atoms with E-state index < -0.39 is 5.97 Å². The normalized spacial score (nSPS) is 28.9. The summed E-state index contributed by atoms with van der Waals surface area (Å²) in [5.74, 6) is -0.269. The van der Waals surface area contributed by atoms with Gasteiger partial charge >= 0.3 is 5.97 Å². The molecule has 3 atom stereocenters. The van der Waals surface area contributed by atoms with Crippen molar-refractivity contribution in [3.8, 4) is 0 Å². The Bertz CT molecular complexity index is 482. The zero-order chi connectivity index (χ0) is 14.1. The number of furan rings is 1. The molecule has 2 heterocycles. The van der Waals surface area contributed by atoms with Crippen LogP contribution in [0.25, 0.3) is 0 Å². The molecule has 5 nitrogen and oxygen atoms in total. The molecule has 2 fully saturated rings. The molecule has 1 aliphatic heterocycles. The molecule has 0 radical (unpaired) electrons. The summed E-state index contributed by atoms with van der Waals surface area (Å²) < 4.78 is 11.3. The molecule has 5 heteroatoms. The maximum atomic E-state index is 10.9. The third-order valence-corrected chi connectivity index (χ3v) is 4.52. The number of hydrogen-bond donors (Lipinski definition) is 1. The molecule has 1 saturated heterocycles. The number of ether oxygens (including phenoxy) is 1. The Morgan fingerprint density at radius 1 is 1.40 bits per heavy atom. The van der Waals surface area contributed by atoms with E-state index in [1.54, 1.807) is 6.07 Å². The van der Waals surface area contributed by atoms with E-state index in [4.69, 9.17) is 14.3 Å². The number of nitrogens with zero attached hydrogens (tertiary/aromatic N) is 1. The van der Waals surface area contributed by atoms with Crippen molar-refractivity contribution < 1.29 is 19.1 Å². The number of carboxylic acid groups (broad SMARTS) is 1. The van der Waals surface area contributed by atoms with Gasteiger partial charge in [-0.05, 0) is 31.9 Å². The van der Waals surface area contributed by atoms with Crippen LogP contribution in [0.2, 0.25) is 0 Å². The smallest absolute Gasteiger partial charge is 0.371 e. The number of aromatic carboxylic acids is 1. The molecule has 1 saturated carbocycles. The first-order chi connectivity index (χ1) is 9.66. The summed E-state index contributed by atoms with van der Waals surface area (Å²) in [4.78, 5) is 13.3. The number of carboxylic acids is 1. The molecule has 1 aromatic heterocycles. The van der Waals surface area contributed by atoms with Gasteiger partial charge in [-0.3, -0.25) is 4.90 Å². The first-order valence-electron chi connectivity index (χ1n) is 7.37. The summed E-state index contributed by atoms with van der Waals surface area (Å²) in [7, 11) is 0. The van der Waals surface area contributed by atoms with Crippen LogP contribution in [-0.2, 0) is 4.74 Å². The minimum Gasteiger partial charge on any atom is -0.475 e. The van der Waals surface area contributed by atoms with Crippen molar-refractivity contribution in [3.05, 3.63) is 23.7 Å². The summed E-state index contributed by atoms with van der Waals surface area (Å²) in [6.45, 7) is 3.71. The molecular formula is C15H21NO4. The molecule has 0 amide bonds. The Morgan fingerprint density at radius 2 is 2.20 bits per heavy atom. The second kappa shape index (κ2) is 5.58. The van der Waals surface area contributed by atoms with Crippen LogP contribution in [0.4, 0.5) is 0 Å². The van der Waals surface area contributed by atoms with Gasteiger partial charge in [0.25, 0.3) is 0 Å². The van der Waals surface area contributed by atoms with Crippen molar-refractivity contribution in [2.45, 2.75) is 50.8 Å². The third-order valence-electron chi connectivity index (χ3n) is 4.52. The molecule has 1 aliphatic carbocycles. The van der Waals surface area contributed by atoms with Gasteiger partial charge in [-0.1, -0.05) is 12.8 Å². The fourth-order valence-electron chi connectivity index (χ4n) is 3.46. The monoisotopic (exact) mass is 279 g/mol. The Labute approximate surface area is 118 Å². The SMILES string of the molecule is CC(c1ccc(C(=O)O)o1)N1CCOC2CCCCC21. The highest BCUT2D eigenvalue weighted by Gasteiger charge is 2.37. The van der Waals surface area contributed by atoms with E-state index in [2.05, 4.69) is 11.8 Å². The Hall–Kier alpha value is -1.33. The van der Waals surface area contributed by atoms with Crippen LogP contribution in [0.3, 0.4) is 0 Å². The summed E-state index contributed by atoms with van der Waals surface area (Å²) in [5, 5.41) is 8.95. The van der Waals surface area contributed by atoms with Crippen LogP contribution in [0.15, 0.2) is 16.5 Å². The first-order valence-corrected chi connectivity index (χ1v) is 7.37. The number of rotatable bonds is 3. The maximum Gasteiger partial charge on any atom is 0.371 e. The molecular weight excluding hydrogens is 258 g/mol. The largest absolute Gasteiger partial charge is 0.475 e. The van der Waals surface area contributed by atoms with Gasteiger partial charge in [0.2, 0.25) is 5.76 Å². The van der Waals surface area contributed by atoms with Gasteiger partial charge in [0, 0.05) is 12.6 Å². The lowest BCUT2D eigenvalue weighted by Gasteiger charge is -2.46. The standard InChI is InChI=1S/C15H21NO4/c1-10(12-6-7-14(20-12)15(17)18)16-8-9-19-13-5-3-2-4-11(13)16/h6-7,10-11,13H,2-5,8-9H2,1H3,(H,17,18). The topological polar surface area (TPSA) is 62.9 Å². The van der Waals surface area contributed by atoms with E-state index >= 15 is 0 Å². The van der Waals surface area contributed by atoms with Gasteiger partial charge in [0.05, 0.1) is 18.8 Å². The van der Waals surface area contributed by atoms with Gasteiger partial charge in [-0.15, -0.1) is 0 Å². The average molecular weight is 279 g/mol. The zero-order valence-corrected chi connectivity index (χ0v) is 11.7. The van der Waals surface area contributed by atoms with E-state index in [1.807, 2.05) is 0 Å². The van der Waals surface area contributed by atoms with E-state index in [1.165, 1.54) is 18.9 Å². The van der Waals surface area contributed by atoms with Gasteiger partial charge in [-0.25, -0.2) is 4.79 Å². The van der Waals surface area contributed by atoms with Crippen molar-refractivity contribution in [1.82, 2.24) is 4.90 Å². The minimum absolute atomic E-state index is 0.0142. The number of hydrogen-bond acceptors (Lipinski definition) is 4. The van der Waals surface area contributed by atoms with Crippen LogP contribution >= 0.6 is 0 Å². The Balaban J connectivity index is 1.77. The fraction of sp³-hybridized carbons (Fsp3) is 0.667. The van der Waals surface area contributed by atoms with Crippen molar-refractivity contribution in [1.29, 1.82) is 0 Å². The van der Waals surface area contributed by atoms with Crippen LogP contribution in [0.1, 0.15) is 55.0 Å². The molecule has 0 bridgehead atoms. The molecule has 3 unspecified atom stereocenters. The van der Waals surface area contributed by atoms with Gasteiger partial charge in [-0.2, -0.15) is 0 Å². The van der Waals surface area contributed by atoms with Gasteiger partial charge in [0.1, 0.15) is 5.76 Å². The quantitative estimate of drug-likeness (QED) is 0.921. The van der Waals surface area contributed by atoms with E-state index in [-0.39, 0.29) is 11.8 Å². The minimum atomic E-state index is -1.01. The zero-order valence-electron chi connectivity index (χ0n) is 11.7. The molecule has 3 rings (SSSR count). The van der Waals surface area contributed by atoms with Gasteiger partial charge in [0.15, 0.2) is 0 Å². The third kappa shape index (κ3) is 2.47. The second-order valence-corrected chi connectivity index (χ2v) is 5.68. The van der Waals surface area contributed by atoms with E-state index in [0.717, 1.165) is 31.8 Å². The lowest BCUT2D eigenvalue weighted by Crippen LogP contribution is -2.53. The molecule has 2 aliphatic rings. The predicted molar refractivity (Wildman–Crippen MR) is 72.8 cm³/mol. The van der Waals surface area contributed by atoms with Crippen LogP contribution < -0.4 is 0 Å². The second-order valence-electron chi connectivity index (χ2n) is 5.68. The highest BCUT2D eigenvalue weighted by Crippen LogP contribution is 2.34. The maximum absolute atomic E-state index is 10.9. The molecule has 0 spiro atoms. The number of morpholine rings is 1. The average Bonchev–Trinajstić information content (AvgIpc) is 2.96. The predicted octanol–water partition coefficient (Wildman–Crippen LogP) is 2.68. The lowest BCUT2D eigenvalue weighted by molar-refractivity contribution is -0.103. The van der Waals surface area contributed by atoms with Crippen molar-refractivity contribution in [2.75, 3.05) is 13.2 Å². The number of carbonyl (C=O) groups is 1. The molecule has 1 N–H and O–H groups in total. The Kier molecular flexibility index (Phi) is 3.81. The first kappa shape index (κ1) is 13.6. The van der Waals surface area contributed by atoms with Crippen molar-refractivity contribution in [2.24, 2.45) is 0 Å². The summed E-state index contributed by atoms with van der Waals surface area (Å²) in [6.07, 6.45) is 5.10. The molecule has 110 valence electrons. The summed E-state index contributed by atoms with van der Waals surface area (Å²) in [5.41, 5.74) is 0. The molecule has 1 aromatic rings. The highest BCUT2D eigenvalue weighted by atomic mass is 16.5. The van der Waals surface area contributed by atoms with Crippen molar-refractivity contribution in [3.63, 3.8) is 0 Å². The summed E-state index contributed by atoms with van der Waals surface area (Å²) in [6, 6.07) is 3.84. The van der Waals surface area contributed by atoms with Crippen LogP contribution in [0, 0.1) is 0 Å². The molecule has 20 heavy (non-hydrogen) atoms. The summed E-state index contributed by atoms with van der Waals surface area (Å²) >= 11 is 0. The fourth-order valence-corrected chi connectivity index (χ4v) is 3.46. The van der Waals surface area contributed by atoms with Crippen LogP contribution in [0.5, 0.6) is 0 Å². The molecule has 0 aromatic carbocycles.